The number of thiazole rings is 1. The second-order valence-corrected chi connectivity index (χ2v) is 7.26. The van der Waals surface area contributed by atoms with Crippen LogP contribution in [0, 0.1) is 18.6 Å². The average molecular weight is 365 g/mol. The Morgan fingerprint density at radius 1 is 1.40 bits per heavy atom. The fourth-order valence-corrected chi connectivity index (χ4v) is 3.63. The fraction of sp³-hybridized carbons (Fsp3) is 0.412. The van der Waals surface area contributed by atoms with Gasteiger partial charge in [0.15, 0.2) is 5.96 Å². The summed E-state index contributed by atoms with van der Waals surface area (Å²) in [7, 11) is 1.70. The van der Waals surface area contributed by atoms with Gasteiger partial charge in [-0.2, -0.15) is 0 Å². The molecule has 1 atom stereocenters. The zero-order valence-electron chi connectivity index (χ0n) is 14.2. The van der Waals surface area contributed by atoms with Gasteiger partial charge in [0.25, 0.3) is 0 Å². The first kappa shape index (κ1) is 17.6. The molecule has 0 bridgehead atoms. The zero-order chi connectivity index (χ0) is 17.8. The minimum Gasteiger partial charge on any atom is -0.365 e. The number of hydrogen-bond acceptors (Lipinski definition) is 4. The van der Waals surface area contributed by atoms with Crippen LogP contribution >= 0.6 is 11.3 Å². The number of anilines is 1. The average Bonchev–Trinajstić information content (AvgIpc) is 3.20. The van der Waals surface area contributed by atoms with Gasteiger partial charge in [-0.05, 0) is 25.5 Å². The lowest BCUT2D eigenvalue weighted by Gasteiger charge is -2.21. The van der Waals surface area contributed by atoms with Crippen LogP contribution < -0.4 is 15.5 Å². The van der Waals surface area contributed by atoms with E-state index < -0.39 is 11.6 Å². The summed E-state index contributed by atoms with van der Waals surface area (Å²) in [6.45, 7) is 3.73. The number of guanidine groups is 1. The van der Waals surface area contributed by atoms with Gasteiger partial charge < -0.3 is 15.5 Å². The number of nitrogens with one attached hydrogen (secondary N) is 2. The molecule has 2 aromatic rings. The lowest BCUT2D eigenvalue weighted by molar-refractivity contribution is 0.576. The lowest BCUT2D eigenvalue weighted by Crippen LogP contribution is -2.44. The SMILES string of the molecule is CN=C(NCc1ncc(C)s1)NC1CCN(c2c(F)cccc2F)C1. The van der Waals surface area contributed by atoms with Crippen LogP contribution in [0.3, 0.4) is 0 Å². The third-order valence-corrected chi connectivity index (χ3v) is 5.00. The number of aryl methyl sites for hydroxylation is 1. The van der Waals surface area contributed by atoms with E-state index >= 15 is 0 Å². The quantitative estimate of drug-likeness (QED) is 0.646. The molecule has 2 heterocycles. The first-order chi connectivity index (χ1) is 12.1. The third-order valence-electron chi connectivity index (χ3n) is 4.08. The Bertz CT molecular complexity index is 741. The number of halogens is 2. The van der Waals surface area contributed by atoms with Gasteiger partial charge >= 0.3 is 0 Å². The highest BCUT2D eigenvalue weighted by Crippen LogP contribution is 2.26. The highest BCUT2D eigenvalue weighted by molar-refractivity contribution is 7.11. The first-order valence-corrected chi connectivity index (χ1v) is 8.96. The normalized spacial score (nSPS) is 17.8. The van der Waals surface area contributed by atoms with E-state index in [0.717, 1.165) is 16.3 Å². The minimum atomic E-state index is -0.526. The van der Waals surface area contributed by atoms with Crippen LogP contribution in [0.25, 0.3) is 0 Å². The van der Waals surface area contributed by atoms with Crippen molar-refractivity contribution in [2.75, 3.05) is 25.0 Å². The molecule has 1 saturated heterocycles. The summed E-state index contributed by atoms with van der Waals surface area (Å²) in [5.74, 6) is -0.390. The maximum atomic E-state index is 13.9. The van der Waals surface area contributed by atoms with E-state index in [1.54, 1.807) is 23.3 Å². The number of aromatic nitrogens is 1. The Morgan fingerprint density at radius 3 is 2.80 bits per heavy atom. The van der Waals surface area contributed by atoms with Crippen molar-refractivity contribution >= 4 is 23.0 Å². The van der Waals surface area contributed by atoms with E-state index in [0.29, 0.717) is 25.6 Å². The van der Waals surface area contributed by atoms with Gasteiger partial charge in [0.2, 0.25) is 0 Å². The fourth-order valence-electron chi connectivity index (χ4n) is 2.90. The van der Waals surface area contributed by atoms with E-state index in [-0.39, 0.29) is 11.7 Å². The van der Waals surface area contributed by atoms with Gasteiger partial charge in [0.1, 0.15) is 22.3 Å². The summed E-state index contributed by atoms with van der Waals surface area (Å²) in [6.07, 6.45) is 2.63. The molecule has 0 saturated carbocycles. The van der Waals surface area contributed by atoms with E-state index in [4.69, 9.17) is 0 Å². The van der Waals surface area contributed by atoms with Crippen molar-refractivity contribution in [1.29, 1.82) is 0 Å². The highest BCUT2D eigenvalue weighted by atomic mass is 32.1. The monoisotopic (exact) mass is 365 g/mol. The van der Waals surface area contributed by atoms with Crippen LogP contribution in [0.15, 0.2) is 29.4 Å². The maximum Gasteiger partial charge on any atom is 0.191 e. The Hall–Kier alpha value is -2.22. The topological polar surface area (TPSA) is 52.6 Å². The summed E-state index contributed by atoms with van der Waals surface area (Å²) in [5.41, 5.74) is 0.0491. The Morgan fingerprint density at radius 2 is 2.16 bits per heavy atom. The molecular formula is C17H21F2N5S. The molecule has 2 N–H and O–H groups in total. The van der Waals surface area contributed by atoms with Gasteiger partial charge in [0, 0.05) is 37.3 Å². The number of hydrogen-bond donors (Lipinski definition) is 2. The van der Waals surface area contributed by atoms with E-state index in [9.17, 15) is 8.78 Å². The summed E-state index contributed by atoms with van der Waals surface area (Å²) in [5, 5.41) is 7.52. The Labute approximate surface area is 149 Å². The molecule has 1 fully saturated rings. The third kappa shape index (κ3) is 4.25. The molecular weight excluding hydrogens is 344 g/mol. The first-order valence-electron chi connectivity index (χ1n) is 8.14. The van der Waals surface area contributed by atoms with Gasteiger partial charge in [-0.3, -0.25) is 4.99 Å². The van der Waals surface area contributed by atoms with Crippen LogP contribution in [0.4, 0.5) is 14.5 Å². The number of aliphatic imine (C=N–C) groups is 1. The molecule has 3 rings (SSSR count). The largest absolute Gasteiger partial charge is 0.365 e. The summed E-state index contributed by atoms with van der Waals surface area (Å²) in [4.78, 5) is 11.4. The second kappa shape index (κ2) is 7.77. The van der Waals surface area contributed by atoms with Gasteiger partial charge in [0.05, 0.1) is 6.54 Å². The van der Waals surface area contributed by atoms with E-state index in [1.807, 2.05) is 13.1 Å². The molecule has 8 heteroatoms. The molecule has 0 amide bonds. The van der Waals surface area contributed by atoms with Crippen molar-refractivity contribution in [2.45, 2.75) is 25.9 Å². The maximum absolute atomic E-state index is 13.9. The predicted octanol–water partition coefficient (Wildman–Crippen LogP) is 2.67. The number of nitrogens with zero attached hydrogens (tertiary/aromatic N) is 3. The van der Waals surface area contributed by atoms with Crippen LogP contribution in [-0.2, 0) is 6.54 Å². The molecule has 1 aromatic carbocycles. The molecule has 0 spiro atoms. The number of para-hydroxylation sites is 1. The molecule has 134 valence electrons. The van der Waals surface area contributed by atoms with Gasteiger partial charge in [-0.25, -0.2) is 13.8 Å². The Balaban J connectivity index is 1.56. The van der Waals surface area contributed by atoms with Crippen molar-refractivity contribution < 1.29 is 8.78 Å². The van der Waals surface area contributed by atoms with Crippen LogP contribution in [0.1, 0.15) is 16.3 Å². The lowest BCUT2D eigenvalue weighted by atomic mass is 10.2. The smallest absolute Gasteiger partial charge is 0.191 e. The summed E-state index contributed by atoms with van der Waals surface area (Å²) in [6, 6.07) is 4.03. The highest BCUT2D eigenvalue weighted by Gasteiger charge is 2.27. The zero-order valence-corrected chi connectivity index (χ0v) is 15.0. The number of benzene rings is 1. The molecule has 1 aromatic heterocycles. The van der Waals surface area contributed by atoms with E-state index in [2.05, 4.69) is 20.6 Å². The number of rotatable bonds is 4. The van der Waals surface area contributed by atoms with Crippen molar-refractivity contribution in [3.63, 3.8) is 0 Å². The molecule has 0 aliphatic carbocycles. The molecule has 5 nitrogen and oxygen atoms in total. The predicted molar refractivity (Wildman–Crippen MR) is 97.2 cm³/mol. The molecule has 1 aliphatic rings. The standard InChI is InChI=1S/C17H21F2N5S/c1-11-8-21-15(25-11)9-22-17(20-2)23-12-6-7-24(10-12)16-13(18)4-3-5-14(16)19/h3-5,8,12H,6-7,9-10H2,1-2H3,(H2,20,22,23). The summed E-state index contributed by atoms with van der Waals surface area (Å²) >= 11 is 1.64. The summed E-state index contributed by atoms with van der Waals surface area (Å²) < 4.78 is 27.8. The van der Waals surface area contributed by atoms with Gasteiger partial charge in [-0.15, -0.1) is 11.3 Å². The van der Waals surface area contributed by atoms with Crippen molar-refractivity contribution in [3.8, 4) is 0 Å². The second-order valence-electron chi connectivity index (χ2n) is 5.94. The van der Waals surface area contributed by atoms with Crippen LogP contribution in [0.5, 0.6) is 0 Å². The molecule has 0 radical (unpaired) electrons. The molecule has 25 heavy (non-hydrogen) atoms. The molecule has 1 aliphatic heterocycles. The van der Waals surface area contributed by atoms with Gasteiger partial charge in [-0.1, -0.05) is 6.07 Å². The minimum absolute atomic E-state index is 0.0491. The van der Waals surface area contributed by atoms with Crippen molar-refractivity contribution in [3.05, 3.63) is 45.9 Å². The van der Waals surface area contributed by atoms with Crippen molar-refractivity contribution in [2.24, 2.45) is 4.99 Å². The van der Waals surface area contributed by atoms with Crippen molar-refractivity contribution in [1.82, 2.24) is 15.6 Å². The molecule has 1 unspecified atom stereocenters. The van der Waals surface area contributed by atoms with Crippen LogP contribution in [0.2, 0.25) is 0 Å². The Kier molecular flexibility index (Phi) is 5.47. The van der Waals surface area contributed by atoms with E-state index in [1.165, 1.54) is 18.2 Å². The van der Waals surface area contributed by atoms with Crippen LogP contribution in [-0.4, -0.2) is 37.1 Å².